The number of carbonyl (C=O) groups excluding carboxylic acids is 3. The average Bonchev–Trinajstić information content (AvgIpc) is 3.25. The zero-order valence-electron chi connectivity index (χ0n) is 21.8. The van der Waals surface area contributed by atoms with Gasteiger partial charge in [0.15, 0.2) is 0 Å². The number of esters is 2. The highest BCUT2D eigenvalue weighted by Gasteiger charge is 2.25. The summed E-state index contributed by atoms with van der Waals surface area (Å²) < 4.78 is 30.1. The second-order valence-corrected chi connectivity index (χ2v) is 9.73. The number of hydrogen-bond donors (Lipinski definition) is 1. The van der Waals surface area contributed by atoms with Crippen LogP contribution in [0.1, 0.15) is 47.1 Å². The van der Waals surface area contributed by atoms with Crippen LogP contribution in [0.5, 0.6) is 0 Å². The molecule has 1 N–H and O–H groups in total. The number of hydrogen-bond acceptors (Lipinski definition) is 6. The maximum absolute atomic E-state index is 13.6. The lowest BCUT2D eigenvalue weighted by atomic mass is 9.93. The summed E-state index contributed by atoms with van der Waals surface area (Å²) in [6.45, 7) is 5.36. The molecule has 1 aromatic heterocycles. The van der Waals surface area contributed by atoms with Gasteiger partial charge in [-0.2, -0.15) is 0 Å². The summed E-state index contributed by atoms with van der Waals surface area (Å²) in [6.07, 6.45) is -0.0691. The predicted octanol–water partition coefficient (Wildman–Crippen LogP) is 5.94. The summed E-state index contributed by atoms with van der Waals surface area (Å²) in [7, 11) is 2.80. The topological polar surface area (TPSA) is 94.8 Å². The van der Waals surface area contributed by atoms with Crippen LogP contribution < -0.4 is 5.32 Å². The average molecular weight is 518 g/mol. The first kappa shape index (κ1) is 26.6. The van der Waals surface area contributed by atoms with E-state index in [9.17, 15) is 18.8 Å². The van der Waals surface area contributed by atoms with E-state index in [-0.39, 0.29) is 17.7 Å². The van der Waals surface area contributed by atoms with Gasteiger partial charge in [0, 0.05) is 18.0 Å². The maximum atomic E-state index is 13.6. The minimum Gasteiger partial charge on any atom is -0.469 e. The fourth-order valence-electron chi connectivity index (χ4n) is 4.13. The van der Waals surface area contributed by atoms with E-state index < -0.39 is 29.3 Å². The molecule has 0 bridgehead atoms. The molecule has 0 saturated carbocycles. The van der Waals surface area contributed by atoms with E-state index in [4.69, 9.17) is 13.9 Å². The van der Waals surface area contributed by atoms with Crippen molar-refractivity contribution < 1.29 is 32.7 Å². The molecule has 7 nitrogen and oxygen atoms in total. The van der Waals surface area contributed by atoms with Crippen molar-refractivity contribution in [3.05, 3.63) is 83.2 Å². The van der Waals surface area contributed by atoms with E-state index in [0.29, 0.717) is 38.8 Å². The number of methoxy groups -OCH3 is 1. The van der Waals surface area contributed by atoms with Crippen molar-refractivity contribution in [3.63, 3.8) is 0 Å². The summed E-state index contributed by atoms with van der Waals surface area (Å²) >= 11 is 0. The number of rotatable bonds is 6. The van der Waals surface area contributed by atoms with Crippen LogP contribution in [0.15, 0.2) is 65.1 Å². The normalized spacial score (nSPS) is 11.3. The Labute approximate surface area is 219 Å². The van der Waals surface area contributed by atoms with Gasteiger partial charge in [0.1, 0.15) is 22.8 Å². The van der Waals surface area contributed by atoms with Crippen molar-refractivity contribution in [3.8, 4) is 22.5 Å². The number of benzene rings is 3. The molecule has 0 saturated heterocycles. The molecular formula is C30H28FNO6. The monoisotopic (exact) mass is 517 g/mol. The number of furan rings is 1. The van der Waals surface area contributed by atoms with Crippen molar-refractivity contribution in [1.82, 2.24) is 5.32 Å². The van der Waals surface area contributed by atoms with Crippen LogP contribution in [-0.2, 0) is 20.7 Å². The number of fused-ring (bicyclic) bond motifs is 1. The van der Waals surface area contributed by atoms with Gasteiger partial charge in [0.2, 0.25) is 0 Å². The first-order chi connectivity index (χ1) is 18.0. The van der Waals surface area contributed by atoms with Crippen LogP contribution in [0, 0.1) is 5.82 Å². The maximum Gasteiger partial charge on any atom is 0.338 e. The Balaban J connectivity index is 1.95. The number of amides is 1. The second-order valence-electron chi connectivity index (χ2n) is 9.73. The van der Waals surface area contributed by atoms with Gasteiger partial charge in [-0.05, 0) is 86.0 Å². The van der Waals surface area contributed by atoms with Crippen molar-refractivity contribution in [2.45, 2.75) is 32.8 Å². The fraction of sp³-hybridized carbons (Fsp3) is 0.233. The molecule has 0 aliphatic carbocycles. The molecule has 1 amide bonds. The van der Waals surface area contributed by atoms with Crippen molar-refractivity contribution in [1.29, 1.82) is 0 Å². The highest BCUT2D eigenvalue weighted by molar-refractivity contribution is 6.12. The van der Waals surface area contributed by atoms with Crippen molar-refractivity contribution in [2.75, 3.05) is 14.2 Å². The molecule has 0 spiro atoms. The molecule has 3 aromatic carbocycles. The lowest BCUT2D eigenvalue weighted by Gasteiger charge is -2.19. The van der Waals surface area contributed by atoms with Crippen LogP contribution in [-0.4, -0.2) is 37.6 Å². The zero-order valence-corrected chi connectivity index (χ0v) is 21.8. The van der Waals surface area contributed by atoms with Gasteiger partial charge in [0.25, 0.3) is 5.91 Å². The van der Waals surface area contributed by atoms with Crippen LogP contribution >= 0.6 is 0 Å². The van der Waals surface area contributed by atoms with E-state index in [1.54, 1.807) is 57.2 Å². The molecule has 0 unspecified atom stereocenters. The smallest absolute Gasteiger partial charge is 0.338 e. The fourth-order valence-corrected chi connectivity index (χ4v) is 4.13. The summed E-state index contributed by atoms with van der Waals surface area (Å²) in [5.74, 6) is -1.49. The molecule has 4 aromatic rings. The molecule has 196 valence electrons. The van der Waals surface area contributed by atoms with Gasteiger partial charge >= 0.3 is 11.9 Å². The second kappa shape index (κ2) is 10.5. The summed E-state index contributed by atoms with van der Waals surface area (Å²) in [5.41, 5.74) is 2.66. The van der Waals surface area contributed by atoms with Crippen molar-refractivity contribution >= 4 is 28.8 Å². The third-order valence-corrected chi connectivity index (χ3v) is 5.84. The minimum absolute atomic E-state index is 0.0691. The predicted molar refractivity (Wildman–Crippen MR) is 141 cm³/mol. The molecule has 0 aliphatic heterocycles. The van der Waals surface area contributed by atoms with Gasteiger partial charge < -0.3 is 19.2 Å². The number of ether oxygens (including phenoxy) is 2. The number of nitrogens with one attached hydrogen (secondary N) is 1. The Morgan fingerprint density at radius 1 is 0.974 bits per heavy atom. The molecule has 0 radical (unpaired) electrons. The lowest BCUT2D eigenvalue weighted by molar-refractivity contribution is -0.139. The lowest BCUT2D eigenvalue weighted by Crippen LogP contribution is -2.23. The van der Waals surface area contributed by atoms with E-state index >= 15 is 0 Å². The van der Waals surface area contributed by atoms with Crippen LogP contribution in [0.3, 0.4) is 0 Å². The molecule has 0 aliphatic rings. The Kier molecular flexibility index (Phi) is 7.35. The van der Waals surface area contributed by atoms with Gasteiger partial charge in [-0.15, -0.1) is 0 Å². The highest BCUT2D eigenvalue weighted by atomic mass is 19.1. The number of carbonyl (C=O) groups is 3. The van der Waals surface area contributed by atoms with Crippen LogP contribution in [0.4, 0.5) is 4.39 Å². The Hall–Kier alpha value is -4.46. The molecular weight excluding hydrogens is 489 g/mol. The first-order valence-electron chi connectivity index (χ1n) is 12.0. The quantitative estimate of drug-likeness (QED) is 0.318. The van der Waals surface area contributed by atoms with E-state index in [1.165, 1.54) is 38.4 Å². The molecule has 8 heteroatoms. The minimum atomic E-state index is -0.669. The Morgan fingerprint density at radius 2 is 1.68 bits per heavy atom. The summed E-state index contributed by atoms with van der Waals surface area (Å²) in [6, 6.07) is 15.9. The zero-order chi connectivity index (χ0) is 27.6. The highest BCUT2D eigenvalue weighted by Crippen LogP contribution is 2.38. The van der Waals surface area contributed by atoms with Gasteiger partial charge in [0.05, 0.1) is 24.7 Å². The van der Waals surface area contributed by atoms with Gasteiger partial charge in [-0.1, -0.05) is 12.1 Å². The van der Waals surface area contributed by atoms with Gasteiger partial charge in [-0.25, -0.2) is 9.18 Å². The molecule has 1 heterocycles. The van der Waals surface area contributed by atoms with Gasteiger partial charge in [-0.3, -0.25) is 9.59 Å². The number of halogens is 1. The third kappa shape index (κ3) is 5.59. The standard InChI is InChI=1S/C30H28FNO6/c1-30(2,3)38-29(35)19-8-6-7-18(13-19)22-16-23-24(14-20(22)15-25(33)36-5)37-27(26(23)28(34)32-4)17-9-11-21(31)12-10-17/h6-14,16H,15H2,1-5H3,(H,32,34). The molecule has 38 heavy (non-hydrogen) atoms. The molecule has 0 atom stereocenters. The summed E-state index contributed by atoms with van der Waals surface area (Å²) in [4.78, 5) is 38.0. The third-order valence-electron chi connectivity index (χ3n) is 5.84. The first-order valence-corrected chi connectivity index (χ1v) is 12.0. The Morgan fingerprint density at radius 3 is 2.32 bits per heavy atom. The SMILES string of the molecule is CNC(=O)c1c(-c2ccc(F)cc2)oc2cc(CC(=O)OC)c(-c3cccc(C(=O)OC(C)(C)C)c3)cc12. The van der Waals surface area contributed by atoms with Crippen LogP contribution in [0.25, 0.3) is 33.4 Å². The molecule has 0 fully saturated rings. The largest absolute Gasteiger partial charge is 0.469 e. The van der Waals surface area contributed by atoms with E-state index in [2.05, 4.69) is 5.32 Å². The van der Waals surface area contributed by atoms with E-state index in [0.717, 1.165) is 0 Å². The summed E-state index contributed by atoms with van der Waals surface area (Å²) in [5, 5.41) is 3.13. The van der Waals surface area contributed by atoms with Crippen molar-refractivity contribution in [2.24, 2.45) is 0 Å². The molecule has 4 rings (SSSR count). The van der Waals surface area contributed by atoms with Crippen LogP contribution in [0.2, 0.25) is 0 Å². The Bertz CT molecular complexity index is 1530. The van der Waals surface area contributed by atoms with E-state index in [1.807, 2.05) is 0 Å².